The first-order valence-electron chi connectivity index (χ1n) is 6.27. The number of nitrogens with zero attached hydrogens (tertiary/aromatic N) is 1. The zero-order chi connectivity index (χ0) is 11.5. The van der Waals surface area contributed by atoms with Crippen LogP contribution in [-0.4, -0.2) is 38.1 Å². The Morgan fingerprint density at radius 1 is 1.27 bits per heavy atom. The van der Waals surface area contributed by atoms with Crippen LogP contribution in [0.4, 0.5) is 0 Å². The highest BCUT2D eigenvalue weighted by Gasteiger charge is 2.24. The summed E-state index contributed by atoms with van der Waals surface area (Å²) in [4.78, 5) is 2.28. The van der Waals surface area contributed by atoms with E-state index >= 15 is 0 Å². The normalized spacial score (nSPS) is 27.6. The van der Waals surface area contributed by atoms with Crippen LogP contribution < -0.4 is 5.32 Å². The van der Waals surface area contributed by atoms with Crippen molar-refractivity contribution >= 4 is 0 Å². The zero-order valence-electron chi connectivity index (χ0n) is 11.1. The summed E-state index contributed by atoms with van der Waals surface area (Å²) in [6, 6.07) is 0.779. The highest BCUT2D eigenvalue weighted by atomic mass is 15.1. The molecule has 1 rings (SSSR count). The molecule has 1 fully saturated rings. The van der Waals surface area contributed by atoms with E-state index in [0.29, 0.717) is 5.41 Å². The van der Waals surface area contributed by atoms with E-state index in [4.69, 9.17) is 0 Å². The molecule has 0 saturated heterocycles. The van der Waals surface area contributed by atoms with Gasteiger partial charge in [0.1, 0.15) is 0 Å². The number of hydrogen-bond acceptors (Lipinski definition) is 2. The minimum atomic E-state index is 0.384. The summed E-state index contributed by atoms with van der Waals surface area (Å²) in [5.41, 5.74) is 0.384. The summed E-state index contributed by atoms with van der Waals surface area (Å²) >= 11 is 0. The van der Waals surface area contributed by atoms with Gasteiger partial charge in [-0.3, -0.25) is 0 Å². The lowest BCUT2D eigenvalue weighted by atomic mass is 9.92. The topological polar surface area (TPSA) is 15.3 Å². The van der Waals surface area contributed by atoms with E-state index in [2.05, 4.69) is 45.1 Å². The number of hydrogen-bond donors (Lipinski definition) is 1. The van der Waals surface area contributed by atoms with Crippen molar-refractivity contribution in [2.75, 3.05) is 27.2 Å². The van der Waals surface area contributed by atoms with E-state index in [9.17, 15) is 0 Å². The molecule has 0 bridgehead atoms. The van der Waals surface area contributed by atoms with Crippen LogP contribution in [0.5, 0.6) is 0 Å². The van der Waals surface area contributed by atoms with Crippen molar-refractivity contribution in [1.29, 1.82) is 0 Å². The lowest BCUT2D eigenvalue weighted by molar-refractivity contribution is 0.225. The van der Waals surface area contributed by atoms with Crippen molar-refractivity contribution < 1.29 is 0 Å². The summed E-state index contributed by atoms with van der Waals surface area (Å²) in [7, 11) is 4.30. The van der Waals surface area contributed by atoms with Crippen LogP contribution >= 0.6 is 0 Å². The van der Waals surface area contributed by atoms with Crippen LogP contribution in [-0.2, 0) is 0 Å². The molecule has 1 aliphatic rings. The lowest BCUT2D eigenvalue weighted by Crippen LogP contribution is -2.41. The van der Waals surface area contributed by atoms with Gasteiger partial charge in [-0.15, -0.1) is 0 Å². The van der Waals surface area contributed by atoms with Gasteiger partial charge in [-0.25, -0.2) is 0 Å². The Hall–Kier alpha value is -0.0800. The van der Waals surface area contributed by atoms with Gasteiger partial charge in [0.05, 0.1) is 0 Å². The maximum Gasteiger partial charge on any atom is 0.00699 e. The molecule has 2 nitrogen and oxygen atoms in total. The van der Waals surface area contributed by atoms with Crippen molar-refractivity contribution in [2.24, 2.45) is 11.3 Å². The van der Waals surface area contributed by atoms with Crippen LogP contribution in [0.15, 0.2) is 0 Å². The fraction of sp³-hybridized carbons (Fsp3) is 1.00. The Morgan fingerprint density at radius 3 is 2.40 bits per heavy atom. The van der Waals surface area contributed by atoms with Gasteiger partial charge in [0.25, 0.3) is 0 Å². The average molecular weight is 212 g/mol. The van der Waals surface area contributed by atoms with Gasteiger partial charge in [-0.2, -0.15) is 0 Å². The van der Waals surface area contributed by atoms with Gasteiger partial charge in [0.2, 0.25) is 0 Å². The van der Waals surface area contributed by atoms with E-state index in [1.807, 2.05) is 0 Å². The molecule has 0 aromatic rings. The average Bonchev–Trinajstić information content (AvgIpc) is 2.46. The summed E-state index contributed by atoms with van der Waals surface area (Å²) < 4.78 is 0. The monoisotopic (exact) mass is 212 g/mol. The highest BCUT2D eigenvalue weighted by molar-refractivity contribution is 4.82. The molecular formula is C13H28N2. The first kappa shape index (κ1) is 13.0. The van der Waals surface area contributed by atoms with Gasteiger partial charge >= 0.3 is 0 Å². The molecule has 15 heavy (non-hydrogen) atoms. The van der Waals surface area contributed by atoms with Crippen molar-refractivity contribution in [2.45, 2.75) is 46.1 Å². The third-order valence-corrected chi connectivity index (χ3v) is 3.31. The minimum absolute atomic E-state index is 0.384. The van der Waals surface area contributed by atoms with Crippen LogP contribution in [0.2, 0.25) is 0 Å². The van der Waals surface area contributed by atoms with Gasteiger partial charge in [0.15, 0.2) is 0 Å². The van der Waals surface area contributed by atoms with E-state index in [1.165, 1.54) is 19.3 Å². The maximum atomic E-state index is 3.73. The molecule has 0 heterocycles. The van der Waals surface area contributed by atoms with Crippen molar-refractivity contribution in [3.8, 4) is 0 Å². The summed E-state index contributed by atoms with van der Waals surface area (Å²) in [5, 5.41) is 3.73. The van der Waals surface area contributed by atoms with Gasteiger partial charge in [-0.05, 0) is 44.7 Å². The van der Waals surface area contributed by atoms with E-state index in [0.717, 1.165) is 25.0 Å². The quantitative estimate of drug-likeness (QED) is 0.752. The number of nitrogens with one attached hydrogen (secondary N) is 1. The van der Waals surface area contributed by atoms with E-state index < -0.39 is 0 Å². The molecule has 90 valence electrons. The Labute approximate surface area is 95.4 Å². The molecule has 0 spiro atoms. The van der Waals surface area contributed by atoms with Gasteiger partial charge < -0.3 is 10.2 Å². The second-order valence-electron chi connectivity index (χ2n) is 6.40. The van der Waals surface area contributed by atoms with Crippen LogP contribution in [0.3, 0.4) is 0 Å². The van der Waals surface area contributed by atoms with Crippen molar-refractivity contribution in [1.82, 2.24) is 10.2 Å². The predicted octanol–water partition coefficient (Wildman–Crippen LogP) is 2.35. The molecule has 1 saturated carbocycles. The van der Waals surface area contributed by atoms with Crippen molar-refractivity contribution in [3.05, 3.63) is 0 Å². The molecule has 0 aliphatic heterocycles. The molecule has 2 unspecified atom stereocenters. The molecular weight excluding hydrogens is 184 g/mol. The summed E-state index contributed by atoms with van der Waals surface area (Å²) in [6.45, 7) is 9.36. The van der Waals surface area contributed by atoms with Crippen LogP contribution in [0, 0.1) is 11.3 Å². The standard InChI is InChI=1S/C13H28N2/c1-11-6-7-12(8-11)14-9-13(2,3)10-15(4)5/h11-12,14H,6-10H2,1-5H3. The second-order valence-corrected chi connectivity index (χ2v) is 6.40. The summed E-state index contributed by atoms with van der Waals surface area (Å²) in [5.74, 6) is 0.930. The van der Waals surface area contributed by atoms with E-state index in [1.54, 1.807) is 0 Å². The van der Waals surface area contributed by atoms with E-state index in [-0.39, 0.29) is 0 Å². The first-order valence-corrected chi connectivity index (χ1v) is 6.27. The lowest BCUT2D eigenvalue weighted by Gasteiger charge is -2.30. The molecule has 0 aromatic heterocycles. The highest BCUT2D eigenvalue weighted by Crippen LogP contribution is 2.25. The Balaban J connectivity index is 2.23. The predicted molar refractivity (Wildman–Crippen MR) is 67.1 cm³/mol. The Bertz CT molecular complexity index is 187. The summed E-state index contributed by atoms with van der Waals surface area (Å²) in [6.07, 6.45) is 4.16. The molecule has 0 amide bonds. The second kappa shape index (κ2) is 5.31. The Kier molecular flexibility index (Phi) is 4.60. The third-order valence-electron chi connectivity index (χ3n) is 3.31. The fourth-order valence-corrected chi connectivity index (χ4v) is 2.73. The molecule has 1 N–H and O–H groups in total. The van der Waals surface area contributed by atoms with Gasteiger partial charge in [0, 0.05) is 19.1 Å². The SMILES string of the molecule is CC1CCC(NCC(C)(C)CN(C)C)C1. The Morgan fingerprint density at radius 2 is 1.93 bits per heavy atom. The zero-order valence-corrected chi connectivity index (χ0v) is 11.1. The van der Waals surface area contributed by atoms with Gasteiger partial charge in [-0.1, -0.05) is 20.8 Å². The molecule has 2 heteroatoms. The van der Waals surface area contributed by atoms with Crippen LogP contribution in [0.25, 0.3) is 0 Å². The van der Waals surface area contributed by atoms with Crippen LogP contribution in [0.1, 0.15) is 40.0 Å². The number of rotatable bonds is 5. The molecule has 2 atom stereocenters. The third kappa shape index (κ3) is 4.98. The smallest absolute Gasteiger partial charge is 0.00699 e. The maximum absolute atomic E-state index is 3.73. The minimum Gasteiger partial charge on any atom is -0.313 e. The molecule has 0 aromatic carbocycles. The largest absolute Gasteiger partial charge is 0.313 e. The molecule has 1 aliphatic carbocycles. The van der Waals surface area contributed by atoms with Crippen molar-refractivity contribution in [3.63, 3.8) is 0 Å². The first-order chi connectivity index (χ1) is 6.89. The molecule has 0 radical (unpaired) electrons. The fourth-order valence-electron chi connectivity index (χ4n) is 2.73.